The average molecular weight is 332 g/mol. The van der Waals surface area contributed by atoms with Crippen LogP contribution in [-0.2, 0) is 4.74 Å². The number of hydrogen-bond donors (Lipinski definition) is 2. The van der Waals surface area contributed by atoms with Crippen molar-refractivity contribution in [2.75, 3.05) is 25.1 Å². The number of pyridine rings is 1. The van der Waals surface area contributed by atoms with E-state index in [-0.39, 0.29) is 18.1 Å². The first-order valence-electron chi connectivity index (χ1n) is 7.27. The molecule has 3 N–H and O–H groups in total. The van der Waals surface area contributed by atoms with E-state index in [1.807, 2.05) is 0 Å². The Bertz CT molecular complexity index is 761. The van der Waals surface area contributed by atoms with Crippen molar-refractivity contribution in [1.29, 1.82) is 0 Å². The van der Waals surface area contributed by atoms with E-state index in [1.54, 1.807) is 19.1 Å². The fourth-order valence-electron chi connectivity index (χ4n) is 2.33. The van der Waals surface area contributed by atoms with Gasteiger partial charge in [0.05, 0.1) is 13.2 Å². The molecule has 1 aliphatic rings. The van der Waals surface area contributed by atoms with Crippen molar-refractivity contribution in [2.45, 2.75) is 13.0 Å². The van der Waals surface area contributed by atoms with Gasteiger partial charge in [0.1, 0.15) is 17.6 Å². The topological polar surface area (TPSA) is 136 Å². The zero-order valence-electron chi connectivity index (χ0n) is 12.9. The lowest BCUT2D eigenvalue weighted by Gasteiger charge is -2.33. The van der Waals surface area contributed by atoms with Gasteiger partial charge in [-0.25, -0.2) is 9.78 Å². The molecule has 126 valence electrons. The third-order valence-corrected chi connectivity index (χ3v) is 3.47. The number of carbonyl (C=O) groups is 2. The van der Waals surface area contributed by atoms with Crippen molar-refractivity contribution in [2.24, 2.45) is 5.73 Å². The minimum atomic E-state index is -0.669. The molecule has 10 heteroatoms. The molecule has 0 bridgehead atoms. The first-order chi connectivity index (χ1) is 11.5. The molecule has 0 spiro atoms. The van der Waals surface area contributed by atoms with Crippen LogP contribution in [0.2, 0.25) is 0 Å². The number of anilines is 1. The molecule has 1 aliphatic heterocycles. The number of morpholine rings is 1. The summed E-state index contributed by atoms with van der Waals surface area (Å²) in [6.45, 7) is 2.69. The SMILES string of the molecule is Cc1nc(C2COCCN2C(=O)Nc2cccc(C(N)=O)n2)no1. The summed E-state index contributed by atoms with van der Waals surface area (Å²) in [4.78, 5) is 33.4. The highest BCUT2D eigenvalue weighted by molar-refractivity contribution is 5.92. The van der Waals surface area contributed by atoms with Crippen LogP contribution in [0.1, 0.15) is 28.2 Å². The van der Waals surface area contributed by atoms with Gasteiger partial charge in [-0.3, -0.25) is 10.1 Å². The van der Waals surface area contributed by atoms with Crippen LogP contribution in [0, 0.1) is 6.92 Å². The molecule has 3 amide bonds. The van der Waals surface area contributed by atoms with E-state index in [0.29, 0.717) is 24.9 Å². The minimum Gasteiger partial charge on any atom is -0.377 e. The molecule has 0 aliphatic carbocycles. The van der Waals surface area contributed by atoms with Gasteiger partial charge in [0.25, 0.3) is 5.91 Å². The van der Waals surface area contributed by atoms with E-state index in [9.17, 15) is 9.59 Å². The maximum Gasteiger partial charge on any atom is 0.323 e. The van der Waals surface area contributed by atoms with Crippen molar-refractivity contribution < 1.29 is 18.8 Å². The Morgan fingerprint density at radius 3 is 2.92 bits per heavy atom. The summed E-state index contributed by atoms with van der Waals surface area (Å²) in [6, 6.07) is 3.76. The molecule has 3 heterocycles. The van der Waals surface area contributed by atoms with Gasteiger partial charge >= 0.3 is 6.03 Å². The van der Waals surface area contributed by atoms with Crippen LogP contribution in [-0.4, -0.2) is 51.7 Å². The summed E-state index contributed by atoms with van der Waals surface area (Å²) in [6.07, 6.45) is 0. The lowest BCUT2D eigenvalue weighted by atomic mass is 10.2. The fourth-order valence-corrected chi connectivity index (χ4v) is 2.33. The molecular formula is C14H16N6O4. The molecule has 1 unspecified atom stereocenters. The van der Waals surface area contributed by atoms with Gasteiger partial charge in [0.15, 0.2) is 5.82 Å². The summed E-state index contributed by atoms with van der Waals surface area (Å²) in [5.74, 6) is 0.344. The number of rotatable bonds is 3. The van der Waals surface area contributed by atoms with Crippen molar-refractivity contribution in [3.05, 3.63) is 35.6 Å². The predicted molar refractivity (Wildman–Crippen MR) is 81.1 cm³/mol. The molecule has 1 atom stereocenters. The molecule has 10 nitrogen and oxygen atoms in total. The van der Waals surface area contributed by atoms with Crippen molar-refractivity contribution in [3.8, 4) is 0 Å². The number of aryl methyl sites for hydroxylation is 1. The number of aromatic nitrogens is 3. The monoisotopic (exact) mass is 332 g/mol. The number of nitrogens with two attached hydrogens (primary N) is 1. The predicted octanol–water partition coefficient (Wildman–Crippen LogP) is 0.477. The average Bonchev–Trinajstić information content (AvgIpc) is 3.01. The largest absolute Gasteiger partial charge is 0.377 e. The second-order valence-corrected chi connectivity index (χ2v) is 5.16. The molecule has 0 saturated carbocycles. The van der Waals surface area contributed by atoms with Crippen molar-refractivity contribution in [1.82, 2.24) is 20.0 Å². The lowest BCUT2D eigenvalue weighted by molar-refractivity contribution is 0.0110. The van der Waals surface area contributed by atoms with E-state index < -0.39 is 18.0 Å². The van der Waals surface area contributed by atoms with Gasteiger partial charge in [0, 0.05) is 13.5 Å². The summed E-state index contributed by atoms with van der Waals surface area (Å²) in [5, 5.41) is 6.49. The van der Waals surface area contributed by atoms with Gasteiger partial charge < -0.3 is 19.9 Å². The maximum atomic E-state index is 12.6. The molecule has 0 radical (unpaired) electrons. The van der Waals surface area contributed by atoms with Crippen LogP contribution in [0.15, 0.2) is 22.7 Å². The number of nitrogens with zero attached hydrogens (tertiary/aromatic N) is 4. The highest BCUT2D eigenvalue weighted by Crippen LogP contribution is 2.22. The Kier molecular flexibility index (Phi) is 4.38. The number of carbonyl (C=O) groups excluding carboxylic acids is 2. The summed E-state index contributed by atoms with van der Waals surface area (Å²) in [5.41, 5.74) is 5.26. The van der Waals surface area contributed by atoms with Crippen LogP contribution < -0.4 is 11.1 Å². The number of primary amides is 1. The second-order valence-electron chi connectivity index (χ2n) is 5.16. The summed E-state index contributed by atoms with van der Waals surface area (Å²) < 4.78 is 10.4. The molecule has 3 rings (SSSR count). The van der Waals surface area contributed by atoms with E-state index in [4.69, 9.17) is 15.0 Å². The Morgan fingerprint density at radius 1 is 1.38 bits per heavy atom. The highest BCUT2D eigenvalue weighted by Gasteiger charge is 2.32. The molecule has 0 aromatic carbocycles. The molecular weight excluding hydrogens is 316 g/mol. The first-order valence-corrected chi connectivity index (χ1v) is 7.27. The standard InChI is InChI=1S/C14H16N6O4/c1-8-16-13(19-24-8)10-7-23-6-5-20(10)14(22)18-11-4-2-3-9(17-11)12(15)21/h2-4,10H,5-7H2,1H3,(H2,15,21)(H,17,18,22). The molecule has 1 saturated heterocycles. The van der Waals surface area contributed by atoms with Gasteiger partial charge in [0.2, 0.25) is 5.89 Å². The van der Waals surface area contributed by atoms with Gasteiger partial charge in [-0.15, -0.1) is 0 Å². The maximum absolute atomic E-state index is 12.6. The number of urea groups is 1. The molecule has 1 fully saturated rings. The number of amides is 3. The van der Waals surface area contributed by atoms with Crippen LogP contribution in [0.3, 0.4) is 0 Å². The normalized spacial score (nSPS) is 17.5. The van der Waals surface area contributed by atoms with Gasteiger partial charge in [-0.05, 0) is 12.1 Å². The Hall–Kier alpha value is -3.01. The van der Waals surface area contributed by atoms with Gasteiger partial charge in [-0.2, -0.15) is 4.98 Å². The van der Waals surface area contributed by atoms with E-state index in [1.165, 1.54) is 11.0 Å². The lowest BCUT2D eigenvalue weighted by Crippen LogP contribution is -2.46. The highest BCUT2D eigenvalue weighted by atomic mass is 16.5. The Labute approximate surface area is 137 Å². The molecule has 24 heavy (non-hydrogen) atoms. The van der Waals surface area contributed by atoms with E-state index >= 15 is 0 Å². The summed E-state index contributed by atoms with van der Waals surface area (Å²) >= 11 is 0. The second kappa shape index (κ2) is 6.62. The Balaban J connectivity index is 1.77. The van der Waals surface area contributed by atoms with Crippen LogP contribution >= 0.6 is 0 Å². The molecule has 2 aromatic heterocycles. The minimum absolute atomic E-state index is 0.0696. The third-order valence-electron chi connectivity index (χ3n) is 3.47. The molecule has 2 aromatic rings. The number of nitrogens with one attached hydrogen (secondary N) is 1. The third kappa shape index (κ3) is 3.33. The zero-order valence-corrected chi connectivity index (χ0v) is 12.9. The van der Waals surface area contributed by atoms with Crippen LogP contribution in [0.5, 0.6) is 0 Å². The Morgan fingerprint density at radius 2 is 2.21 bits per heavy atom. The zero-order chi connectivity index (χ0) is 17.1. The van der Waals surface area contributed by atoms with Gasteiger partial charge in [-0.1, -0.05) is 11.2 Å². The number of hydrogen-bond acceptors (Lipinski definition) is 7. The van der Waals surface area contributed by atoms with Crippen LogP contribution in [0.4, 0.5) is 10.6 Å². The van der Waals surface area contributed by atoms with E-state index in [0.717, 1.165) is 0 Å². The van der Waals surface area contributed by atoms with Crippen LogP contribution in [0.25, 0.3) is 0 Å². The smallest absolute Gasteiger partial charge is 0.323 e. The first kappa shape index (κ1) is 15.9. The fraction of sp³-hybridized carbons (Fsp3) is 0.357. The van der Waals surface area contributed by atoms with Crippen molar-refractivity contribution >= 4 is 17.8 Å². The quantitative estimate of drug-likeness (QED) is 0.834. The van der Waals surface area contributed by atoms with Crippen molar-refractivity contribution in [3.63, 3.8) is 0 Å². The number of ether oxygens (including phenoxy) is 1. The summed E-state index contributed by atoms with van der Waals surface area (Å²) in [7, 11) is 0. The van der Waals surface area contributed by atoms with E-state index in [2.05, 4.69) is 20.4 Å².